The lowest BCUT2D eigenvalue weighted by Gasteiger charge is -2.24. The van der Waals surface area contributed by atoms with Crippen LogP contribution in [-0.2, 0) is 9.59 Å². The Morgan fingerprint density at radius 3 is 2.46 bits per heavy atom. The van der Waals surface area contributed by atoms with Crippen LogP contribution in [0.25, 0.3) is 16.0 Å². The number of para-hydroxylation sites is 1. The highest BCUT2D eigenvalue weighted by Gasteiger charge is 2.48. The van der Waals surface area contributed by atoms with E-state index in [1.807, 2.05) is 74.4 Å². The third kappa shape index (κ3) is 4.22. The monoisotopic (exact) mass is 533 g/mol. The van der Waals surface area contributed by atoms with E-state index in [0.29, 0.717) is 10.7 Å². The van der Waals surface area contributed by atoms with Gasteiger partial charge in [0.15, 0.2) is 5.13 Å². The van der Waals surface area contributed by atoms with Gasteiger partial charge in [-0.3, -0.25) is 14.5 Å². The number of hydrogen-bond donors (Lipinski definition) is 1. The van der Waals surface area contributed by atoms with E-state index in [9.17, 15) is 14.7 Å². The fourth-order valence-corrected chi connectivity index (χ4v) is 5.86. The number of hydrogen-bond acceptors (Lipinski definition) is 7. The highest BCUT2D eigenvalue weighted by molar-refractivity contribution is 7.22. The van der Waals surface area contributed by atoms with Crippen LogP contribution in [0, 0.1) is 6.92 Å². The van der Waals surface area contributed by atoms with Gasteiger partial charge in [0.25, 0.3) is 5.78 Å². The minimum atomic E-state index is -0.902. The van der Waals surface area contributed by atoms with Crippen molar-refractivity contribution in [3.05, 3.63) is 87.9 Å². The average Bonchev–Trinajstić information content (AvgIpc) is 3.41. The molecule has 0 saturated carbocycles. The number of aliphatic hydroxyl groups excluding tert-OH is 1. The average molecular weight is 534 g/mol. The zero-order chi connectivity index (χ0) is 26.4. The number of aromatic nitrogens is 1. The summed E-state index contributed by atoms with van der Waals surface area (Å²) in [4.78, 5) is 35.0. The van der Waals surface area contributed by atoms with Gasteiger partial charge in [-0.2, -0.15) is 0 Å². The van der Waals surface area contributed by atoms with Crippen molar-refractivity contribution in [1.82, 2.24) is 4.98 Å². The molecular weight excluding hydrogens is 510 g/mol. The molecule has 1 atom stereocenters. The van der Waals surface area contributed by atoms with Crippen molar-refractivity contribution >= 4 is 61.4 Å². The summed E-state index contributed by atoms with van der Waals surface area (Å²) in [5.74, 6) is -1.71. The fourth-order valence-electron chi connectivity index (χ4n) is 4.52. The van der Waals surface area contributed by atoms with E-state index in [1.165, 1.54) is 23.3 Å². The summed E-state index contributed by atoms with van der Waals surface area (Å²) < 4.78 is 6.34. The first kappa shape index (κ1) is 24.8. The first-order chi connectivity index (χ1) is 17.7. The molecule has 2 heterocycles. The molecular formula is C28H24ClN3O4S. The lowest BCUT2D eigenvalue weighted by molar-refractivity contribution is -0.132. The number of Topliss-reactive ketones (excluding diaryl/α,β-unsaturated/α-hetero) is 1. The number of carbonyl (C=O) groups excluding carboxylic acids is 2. The third-order valence-corrected chi connectivity index (χ3v) is 7.62. The Labute approximate surface area is 223 Å². The van der Waals surface area contributed by atoms with Gasteiger partial charge in [0.05, 0.1) is 39.5 Å². The summed E-state index contributed by atoms with van der Waals surface area (Å²) >= 11 is 7.70. The number of methoxy groups -OCH3 is 1. The Bertz CT molecular complexity index is 1540. The summed E-state index contributed by atoms with van der Waals surface area (Å²) in [5, 5.41) is 12.2. The van der Waals surface area contributed by atoms with E-state index in [1.54, 1.807) is 12.1 Å². The van der Waals surface area contributed by atoms with Gasteiger partial charge in [0.2, 0.25) is 0 Å². The molecule has 4 aromatic rings. The predicted octanol–water partition coefficient (Wildman–Crippen LogP) is 5.96. The largest absolute Gasteiger partial charge is 0.507 e. The second kappa shape index (κ2) is 9.53. The number of ether oxygens (including phenoxy) is 1. The van der Waals surface area contributed by atoms with Crippen molar-refractivity contribution < 1.29 is 19.4 Å². The molecule has 1 amide bonds. The number of aryl methyl sites for hydroxylation is 1. The molecule has 1 fully saturated rings. The molecule has 7 nitrogen and oxygen atoms in total. The molecule has 1 aliphatic heterocycles. The Hall–Kier alpha value is -3.88. The van der Waals surface area contributed by atoms with Crippen LogP contribution < -0.4 is 14.5 Å². The number of halogens is 1. The third-order valence-electron chi connectivity index (χ3n) is 6.31. The number of aliphatic hydroxyl groups is 1. The standard InChI is InChI=1S/C28H24ClN3O4S/c1-15-13-18(26(36-4)19(29)14-15)24(33)22-23(16-9-11-17(12-10-16)31(2)3)32(27(35)25(22)34)28-30-20-7-5-6-8-21(20)37-28/h5-14,23,33H,1-4H3/b24-22+. The normalized spacial score (nSPS) is 17.0. The minimum absolute atomic E-state index is 0.0539. The summed E-state index contributed by atoms with van der Waals surface area (Å²) in [6.45, 7) is 1.82. The molecule has 1 unspecified atom stereocenters. The zero-order valence-corrected chi connectivity index (χ0v) is 22.2. The van der Waals surface area contributed by atoms with Crippen LogP contribution in [0.1, 0.15) is 22.7 Å². The maximum absolute atomic E-state index is 13.5. The molecule has 5 rings (SSSR count). The number of benzene rings is 3. The number of amides is 1. The summed E-state index contributed by atoms with van der Waals surface area (Å²) in [5.41, 5.74) is 3.28. The number of fused-ring (bicyclic) bond motifs is 1. The highest BCUT2D eigenvalue weighted by Crippen LogP contribution is 2.46. The van der Waals surface area contributed by atoms with Crippen LogP contribution in [-0.4, -0.2) is 43.0 Å². The molecule has 1 N–H and O–H groups in total. The molecule has 0 spiro atoms. The molecule has 1 aromatic heterocycles. The summed E-state index contributed by atoms with van der Waals surface area (Å²) in [6, 6.07) is 17.5. The minimum Gasteiger partial charge on any atom is -0.507 e. The van der Waals surface area contributed by atoms with Gasteiger partial charge in [-0.1, -0.05) is 47.2 Å². The number of nitrogens with zero attached hydrogens (tertiary/aromatic N) is 3. The van der Waals surface area contributed by atoms with Gasteiger partial charge < -0.3 is 14.7 Å². The maximum Gasteiger partial charge on any atom is 0.301 e. The van der Waals surface area contributed by atoms with Crippen molar-refractivity contribution in [2.24, 2.45) is 0 Å². The van der Waals surface area contributed by atoms with E-state index in [2.05, 4.69) is 4.98 Å². The van der Waals surface area contributed by atoms with E-state index < -0.39 is 17.7 Å². The van der Waals surface area contributed by atoms with E-state index in [0.717, 1.165) is 21.5 Å². The first-order valence-electron chi connectivity index (χ1n) is 11.5. The zero-order valence-electron chi connectivity index (χ0n) is 20.7. The molecule has 3 aromatic carbocycles. The molecule has 0 bridgehead atoms. The smallest absolute Gasteiger partial charge is 0.301 e. The van der Waals surface area contributed by atoms with Gasteiger partial charge in [0.1, 0.15) is 11.5 Å². The SMILES string of the molecule is COc1c(Cl)cc(C)cc1/C(O)=C1\C(=O)C(=O)N(c2nc3ccccc3s2)C1c1ccc(N(C)C)cc1. The van der Waals surface area contributed by atoms with Crippen LogP contribution in [0.4, 0.5) is 10.8 Å². The van der Waals surface area contributed by atoms with Crippen LogP contribution in [0.3, 0.4) is 0 Å². The van der Waals surface area contributed by atoms with Gasteiger partial charge in [0, 0.05) is 19.8 Å². The molecule has 0 aliphatic carbocycles. The number of thiazole rings is 1. The Morgan fingerprint density at radius 2 is 1.81 bits per heavy atom. The predicted molar refractivity (Wildman–Crippen MR) is 148 cm³/mol. The molecule has 188 valence electrons. The number of rotatable bonds is 5. The summed E-state index contributed by atoms with van der Waals surface area (Å²) in [7, 11) is 5.29. The van der Waals surface area contributed by atoms with E-state index >= 15 is 0 Å². The van der Waals surface area contributed by atoms with Gasteiger partial charge in [-0.05, 0) is 54.4 Å². The molecule has 9 heteroatoms. The topological polar surface area (TPSA) is 83.0 Å². The summed E-state index contributed by atoms with van der Waals surface area (Å²) in [6.07, 6.45) is 0. The van der Waals surface area contributed by atoms with Crippen LogP contribution >= 0.6 is 22.9 Å². The van der Waals surface area contributed by atoms with Crippen molar-refractivity contribution in [3.8, 4) is 5.75 Å². The van der Waals surface area contributed by atoms with E-state index in [4.69, 9.17) is 16.3 Å². The lowest BCUT2D eigenvalue weighted by Crippen LogP contribution is -2.29. The second-order valence-electron chi connectivity index (χ2n) is 8.95. The van der Waals surface area contributed by atoms with Crippen molar-refractivity contribution in [2.75, 3.05) is 31.0 Å². The number of ketones is 1. The fraction of sp³-hybridized carbons (Fsp3) is 0.179. The van der Waals surface area contributed by atoms with E-state index in [-0.39, 0.29) is 27.7 Å². The lowest BCUT2D eigenvalue weighted by atomic mass is 9.94. The van der Waals surface area contributed by atoms with Crippen molar-refractivity contribution in [1.29, 1.82) is 0 Å². The molecule has 37 heavy (non-hydrogen) atoms. The van der Waals surface area contributed by atoms with Crippen LogP contribution in [0.2, 0.25) is 5.02 Å². The maximum atomic E-state index is 13.5. The Balaban J connectivity index is 1.76. The Morgan fingerprint density at radius 1 is 1.11 bits per heavy atom. The van der Waals surface area contributed by atoms with Crippen LogP contribution in [0.15, 0.2) is 66.2 Å². The van der Waals surface area contributed by atoms with Crippen molar-refractivity contribution in [3.63, 3.8) is 0 Å². The molecule has 1 saturated heterocycles. The van der Waals surface area contributed by atoms with Gasteiger partial charge in [-0.15, -0.1) is 0 Å². The number of anilines is 2. The first-order valence-corrected chi connectivity index (χ1v) is 12.7. The molecule has 0 radical (unpaired) electrons. The number of carbonyl (C=O) groups is 2. The van der Waals surface area contributed by atoms with Gasteiger partial charge >= 0.3 is 5.91 Å². The molecule has 1 aliphatic rings. The quantitative estimate of drug-likeness (QED) is 0.194. The van der Waals surface area contributed by atoms with Crippen LogP contribution in [0.5, 0.6) is 5.75 Å². The second-order valence-corrected chi connectivity index (χ2v) is 10.4. The van der Waals surface area contributed by atoms with Gasteiger partial charge in [-0.25, -0.2) is 4.98 Å². The van der Waals surface area contributed by atoms with Crippen molar-refractivity contribution in [2.45, 2.75) is 13.0 Å². The highest BCUT2D eigenvalue weighted by atomic mass is 35.5. The Kier molecular flexibility index (Phi) is 6.39.